The Morgan fingerprint density at radius 1 is 1.36 bits per heavy atom. The van der Waals surface area contributed by atoms with Crippen molar-refractivity contribution in [3.8, 4) is 0 Å². The highest BCUT2D eigenvalue weighted by atomic mass is 15.2. The molecular formula is C12H22N2. The Morgan fingerprint density at radius 2 is 2.00 bits per heavy atom. The number of rotatable bonds is 5. The van der Waals surface area contributed by atoms with Crippen molar-refractivity contribution in [2.24, 2.45) is 4.99 Å². The average Bonchev–Trinajstić information content (AvgIpc) is 2.13. The van der Waals surface area contributed by atoms with Crippen LogP contribution in [0.15, 0.2) is 29.3 Å². The summed E-state index contributed by atoms with van der Waals surface area (Å²) in [6.45, 7) is 14.8. The van der Waals surface area contributed by atoms with E-state index in [2.05, 4.69) is 50.2 Å². The van der Waals surface area contributed by atoms with E-state index in [-0.39, 0.29) is 0 Å². The van der Waals surface area contributed by atoms with Gasteiger partial charge in [0.25, 0.3) is 0 Å². The van der Waals surface area contributed by atoms with Gasteiger partial charge in [0.15, 0.2) is 0 Å². The maximum absolute atomic E-state index is 4.47. The van der Waals surface area contributed by atoms with E-state index in [0.717, 1.165) is 25.5 Å². The molecule has 0 aromatic heterocycles. The van der Waals surface area contributed by atoms with Gasteiger partial charge in [-0.1, -0.05) is 11.6 Å². The summed E-state index contributed by atoms with van der Waals surface area (Å²) in [5, 5.41) is 0. The van der Waals surface area contributed by atoms with E-state index in [1.54, 1.807) is 0 Å². The summed E-state index contributed by atoms with van der Waals surface area (Å²) < 4.78 is 0. The minimum absolute atomic E-state index is 0.826. The molecule has 0 bridgehead atoms. The lowest BCUT2D eigenvalue weighted by Gasteiger charge is -2.21. The molecule has 0 aliphatic heterocycles. The second-order valence-corrected chi connectivity index (χ2v) is 3.38. The Labute approximate surface area is 88.0 Å². The van der Waals surface area contributed by atoms with Crippen LogP contribution in [0.25, 0.3) is 0 Å². The Balaban J connectivity index is 4.69. The third-order valence-electron chi connectivity index (χ3n) is 1.79. The van der Waals surface area contributed by atoms with E-state index >= 15 is 0 Å². The Kier molecular flexibility index (Phi) is 6.81. The first-order valence-electron chi connectivity index (χ1n) is 5.20. The molecule has 0 aromatic rings. The summed E-state index contributed by atoms with van der Waals surface area (Å²) in [5.74, 6) is 1.06. The highest BCUT2D eigenvalue weighted by molar-refractivity contribution is 5.93. The third-order valence-corrected chi connectivity index (χ3v) is 1.79. The van der Waals surface area contributed by atoms with Crippen LogP contribution in [0.2, 0.25) is 0 Å². The second kappa shape index (κ2) is 7.36. The predicted octanol–water partition coefficient (Wildman–Crippen LogP) is 2.88. The summed E-state index contributed by atoms with van der Waals surface area (Å²) >= 11 is 0. The van der Waals surface area contributed by atoms with Gasteiger partial charge in [-0.05, 0) is 33.8 Å². The molecule has 0 fully saturated rings. The fourth-order valence-corrected chi connectivity index (χ4v) is 1.20. The number of hydrogen-bond donors (Lipinski definition) is 0. The van der Waals surface area contributed by atoms with Gasteiger partial charge in [-0.2, -0.15) is 0 Å². The number of allylic oxidation sites excluding steroid dienone is 1. The standard InChI is InChI=1S/C12H22N2/c1-6-9-14(8-3)12(13-7-2)10-11(4)5/h6,10H,1,7-9H2,2-5H3/b13-12+. The maximum atomic E-state index is 4.47. The van der Waals surface area contributed by atoms with E-state index in [1.165, 1.54) is 5.57 Å². The molecule has 2 nitrogen and oxygen atoms in total. The molecule has 80 valence electrons. The lowest BCUT2D eigenvalue weighted by molar-refractivity contribution is 0.489. The van der Waals surface area contributed by atoms with Crippen LogP contribution in [0.3, 0.4) is 0 Å². The summed E-state index contributed by atoms with van der Waals surface area (Å²) in [5.41, 5.74) is 1.28. The zero-order valence-corrected chi connectivity index (χ0v) is 9.88. The van der Waals surface area contributed by atoms with Crippen molar-refractivity contribution in [1.29, 1.82) is 0 Å². The molecule has 0 rings (SSSR count). The number of aliphatic imine (C=N–C) groups is 1. The van der Waals surface area contributed by atoms with Gasteiger partial charge < -0.3 is 4.90 Å². The first kappa shape index (κ1) is 12.9. The minimum Gasteiger partial charge on any atom is -0.353 e. The van der Waals surface area contributed by atoms with Crippen molar-refractivity contribution in [3.63, 3.8) is 0 Å². The fraction of sp³-hybridized carbons (Fsp3) is 0.583. The number of hydrogen-bond acceptors (Lipinski definition) is 1. The molecule has 0 unspecified atom stereocenters. The Bertz CT molecular complexity index is 222. The van der Waals surface area contributed by atoms with Crippen molar-refractivity contribution in [1.82, 2.24) is 4.90 Å². The molecule has 0 spiro atoms. The van der Waals surface area contributed by atoms with Gasteiger partial charge in [0.1, 0.15) is 5.84 Å². The highest BCUT2D eigenvalue weighted by Gasteiger charge is 2.03. The van der Waals surface area contributed by atoms with Gasteiger partial charge in [-0.15, -0.1) is 6.58 Å². The van der Waals surface area contributed by atoms with Gasteiger partial charge in [0.2, 0.25) is 0 Å². The first-order chi connectivity index (χ1) is 6.65. The van der Waals surface area contributed by atoms with Crippen LogP contribution in [0, 0.1) is 0 Å². The molecule has 0 aliphatic rings. The minimum atomic E-state index is 0.826. The number of likely N-dealkylation sites (N-methyl/N-ethyl adjacent to an activating group) is 1. The van der Waals surface area contributed by atoms with Gasteiger partial charge in [0, 0.05) is 19.6 Å². The lowest BCUT2D eigenvalue weighted by atomic mass is 10.3. The quantitative estimate of drug-likeness (QED) is 0.373. The summed E-state index contributed by atoms with van der Waals surface area (Å²) in [7, 11) is 0. The summed E-state index contributed by atoms with van der Waals surface area (Å²) in [6, 6.07) is 0. The van der Waals surface area contributed by atoms with Crippen LogP contribution in [0.4, 0.5) is 0 Å². The van der Waals surface area contributed by atoms with Crippen molar-refractivity contribution in [2.45, 2.75) is 27.7 Å². The smallest absolute Gasteiger partial charge is 0.123 e. The zero-order valence-electron chi connectivity index (χ0n) is 9.88. The van der Waals surface area contributed by atoms with E-state index in [4.69, 9.17) is 0 Å². The average molecular weight is 194 g/mol. The molecule has 0 saturated carbocycles. The predicted molar refractivity (Wildman–Crippen MR) is 64.9 cm³/mol. The van der Waals surface area contributed by atoms with Gasteiger partial charge in [-0.3, -0.25) is 4.99 Å². The fourth-order valence-electron chi connectivity index (χ4n) is 1.20. The third kappa shape index (κ3) is 4.85. The van der Waals surface area contributed by atoms with E-state index in [1.807, 2.05) is 6.08 Å². The van der Waals surface area contributed by atoms with Crippen LogP contribution in [0.5, 0.6) is 0 Å². The molecule has 0 aromatic carbocycles. The molecule has 2 heteroatoms. The number of amidine groups is 1. The molecule has 14 heavy (non-hydrogen) atoms. The number of nitrogens with zero attached hydrogens (tertiary/aromatic N) is 2. The van der Waals surface area contributed by atoms with E-state index < -0.39 is 0 Å². The Hall–Kier alpha value is -1.05. The van der Waals surface area contributed by atoms with E-state index in [0.29, 0.717) is 0 Å². The topological polar surface area (TPSA) is 15.6 Å². The zero-order chi connectivity index (χ0) is 11.0. The van der Waals surface area contributed by atoms with E-state index in [9.17, 15) is 0 Å². The van der Waals surface area contributed by atoms with Gasteiger partial charge in [-0.25, -0.2) is 0 Å². The molecule has 0 amide bonds. The van der Waals surface area contributed by atoms with Crippen LogP contribution in [-0.4, -0.2) is 30.4 Å². The second-order valence-electron chi connectivity index (χ2n) is 3.38. The highest BCUT2D eigenvalue weighted by Crippen LogP contribution is 1.99. The molecule has 0 heterocycles. The van der Waals surface area contributed by atoms with Crippen LogP contribution < -0.4 is 0 Å². The molecule has 0 radical (unpaired) electrons. The molecular weight excluding hydrogens is 172 g/mol. The molecule has 0 aliphatic carbocycles. The van der Waals surface area contributed by atoms with Crippen molar-refractivity contribution >= 4 is 5.84 Å². The summed E-state index contributed by atoms with van der Waals surface area (Å²) in [6.07, 6.45) is 4.03. The van der Waals surface area contributed by atoms with Gasteiger partial charge >= 0.3 is 0 Å². The summed E-state index contributed by atoms with van der Waals surface area (Å²) in [4.78, 5) is 6.68. The molecule has 0 atom stereocenters. The van der Waals surface area contributed by atoms with Crippen LogP contribution in [-0.2, 0) is 0 Å². The Morgan fingerprint density at radius 3 is 2.36 bits per heavy atom. The maximum Gasteiger partial charge on any atom is 0.123 e. The monoisotopic (exact) mass is 194 g/mol. The van der Waals surface area contributed by atoms with Crippen molar-refractivity contribution in [2.75, 3.05) is 19.6 Å². The normalized spacial score (nSPS) is 11.0. The molecule has 0 N–H and O–H groups in total. The molecule has 0 saturated heterocycles. The van der Waals surface area contributed by atoms with Crippen molar-refractivity contribution < 1.29 is 0 Å². The first-order valence-corrected chi connectivity index (χ1v) is 5.20. The van der Waals surface area contributed by atoms with Crippen LogP contribution in [0.1, 0.15) is 27.7 Å². The van der Waals surface area contributed by atoms with Crippen LogP contribution >= 0.6 is 0 Å². The largest absolute Gasteiger partial charge is 0.353 e. The van der Waals surface area contributed by atoms with Crippen molar-refractivity contribution in [3.05, 3.63) is 24.3 Å². The SMILES string of the molecule is C=CCN(CC)/C(C=C(C)C)=N/CC. The lowest BCUT2D eigenvalue weighted by Crippen LogP contribution is -2.30. The van der Waals surface area contributed by atoms with Gasteiger partial charge in [0.05, 0.1) is 0 Å².